The van der Waals surface area contributed by atoms with Gasteiger partial charge in [-0.3, -0.25) is 9.69 Å². The van der Waals surface area contributed by atoms with Crippen molar-refractivity contribution in [3.63, 3.8) is 0 Å². The number of ether oxygens (including phenoxy) is 2. The monoisotopic (exact) mass is 425 g/mol. The van der Waals surface area contributed by atoms with Gasteiger partial charge in [0.2, 0.25) is 0 Å². The average molecular weight is 426 g/mol. The van der Waals surface area contributed by atoms with E-state index in [0.29, 0.717) is 29.2 Å². The zero-order valence-corrected chi connectivity index (χ0v) is 17.3. The number of benzene rings is 2. The molecule has 1 N–H and O–H groups in total. The first-order valence-corrected chi connectivity index (χ1v) is 9.78. The summed E-state index contributed by atoms with van der Waals surface area (Å²) in [6.07, 6.45) is 1.54. The molecule has 154 valence electrons. The summed E-state index contributed by atoms with van der Waals surface area (Å²) in [4.78, 5) is 25.2. The van der Waals surface area contributed by atoms with Gasteiger partial charge in [-0.25, -0.2) is 4.79 Å². The first-order chi connectivity index (χ1) is 14.5. The highest BCUT2D eigenvalue weighted by Crippen LogP contribution is 2.38. The second-order valence-electron chi connectivity index (χ2n) is 6.36. The fraction of sp³-hybridized carbons (Fsp3) is 0.227. The van der Waals surface area contributed by atoms with Crippen molar-refractivity contribution in [3.8, 4) is 17.6 Å². The lowest BCUT2D eigenvalue weighted by atomic mass is 10.1. The molecule has 0 radical (unpaired) electrons. The summed E-state index contributed by atoms with van der Waals surface area (Å²) in [5, 5.41) is 12.1. The molecule has 0 unspecified atom stereocenters. The van der Waals surface area contributed by atoms with E-state index in [1.807, 2.05) is 13.0 Å². The van der Waals surface area contributed by atoms with E-state index in [0.717, 1.165) is 10.5 Å². The van der Waals surface area contributed by atoms with Crippen molar-refractivity contribution in [2.24, 2.45) is 0 Å². The van der Waals surface area contributed by atoms with Gasteiger partial charge in [-0.2, -0.15) is 5.26 Å². The fourth-order valence-corrected chi connectivity index (χ4v) is 3.28. The molecule has 1 aliphatic rings. The number of halogens is 1. The molecule has 2 aromatic rings. The largest absolute Gasteiger partial charge is 0.490 e. The van der Waals surface area contributed by atoms with Gasteiger partial charge < -0.3 is 14.8 Å². The normalized spacial score (nSPS) is 14.6. The third kappa shape index (κ3) is 4.39. The van der Waals surface area contributed by atoms with Gasteiger partial charge in [0, 0.05) is 12.1 Å². The van der Waals surface area contributed by atoms with Gasteiger partial charge in [0.05, 0.1) is 23.3 Å². The van der Waals surface area contributed by atoms with E-state index in [-0.39, 0.29) is 23.9 Å². The van der Waals surface area contributed by atoms with Crippen molar-refractivity contribution in [1.29, 1.82) is 5.26 Å². The maximum absolute atomic E-state index is 12.3. The molecule has 0 atom stereocenters. The number of urea groups is 1. The molecule has 8 heteroatoms. The molecule has 0 aromatic heterocycles. The van der Waals surface area contributed by atoms with Crippen molar-refractivity contribution in [2.45, 2.75) is 20.5 Å². The van der Waals surface area contributed by atoms with Crippen LogP contribution < -0.4 is 14.8 Å². The van der Waals surface area contributed by atoms with Gasteiger partial charge in [0.1, 0.15) is 12.3 Å². The quantitative estimate of drug-likeness (QED) is 0.532. The number of nitriles is 1. The number of rotatable bonds is 7. The Morgan fingerprint density at radius 1 is 1.20 bits per heavy atom. The predicted molar refractivity (Wildman–Crippen MR) is 112 cm³/mol. The van der Waals surface area contributed by atoms with Crippen LogP contribution in [0.3, 0.4) is 0 Å². The summed E-state index contributed by atoms with van der Waals surface area (Å²) in [6, 6.07) is 12.1. The number of hydrogen-bond donors (Lipinski definition) is 1. The Balaban J connectivity index is 1.89. The lowest BCUT2D eigenvalue weighted by molar-refractivity contribution is -0.122. The number of hydrogen-bond acceptors (Lipinski definition) is 5. The standard InChI is InChI=1S/C22H20ClN3O4/c1-3-26-21(27)18(25-22(26)28)10-14-9-17(23)20(19(11-14)29-4-2)30-13-16-8-6-5-7-15(16)12-24/h5-11H,3-4,13H2,1-2H3,(H,25,28)/b18-10+. The third-order valence-corrected chi connectivity index (χ3v) is 4.71. The number of nitrogens with zero attached hydrogens (tertiary/aromatic N) is 2. The summed E-state index contributed by atoms with van der Waals surface area (Å²) >= 11 is 6.43. The molecule has 0 bridgehead atoms. The number of carbonyl (C=O) groups excluding carboxylic acids is 2. The smallest absolute Gasteiger partial charge is 0.328 e. The van der Waals surface area contributed by atoms with Crippen LogP contribution in [0.4, 0.5) is 4.79 Å². The Hall–Kier alpha value is -3.50. The lowest BCUT2D eigenvalue weighted by Gasteiger charge is -2.15. The number of carbonyl (C=O) groups is 2. The highest BCUT2D eigenvalue weighted by atomic mass is 35.5. The van der Waals surface area contributed by atoms with Crippen molar-refractivity contribution in [1.82, 2.24) is 10.2 Å². The van der Waals surface area contributed by atoms with Crippen molar-refractivity contribution >= 4 is 29.6 Å². The Bertz CT molecular complexity index is 1060. The average Bonchev–Trinajstić information content (AvgIpc) is 3.00. The van der Waals surface area contributed by atoms with Gasteiger partial charge >= 0.3 is 6.03 Å². The molecular weight excluding hydrogens is 406 g/mol. The van der Waals surface area contributed by atoms with E-state index >= 15 is 0 Å². The minimum absolute atomic E-state index is 0.143. The Labute approximate surface area is 179 Å². The summed E-state index contributed by atoms with van der Waals surface area (Å²) in [7, 11) is 0. The van der Waals surface area contributed by atoms with Crippen LogP contribution in [0, 0.1) is 11.3 Å². The topological polar surface area (TPSA) is 91.7 Å². The predicted octanol–water partition coefficient (Wildman–Crippen LogP) is 4.10. The minimum Gasteiger partial charge on any atom is -0.490 e. The maximum Gasteiger partial charge on any atom is 0.328 e. The van der Waals surface area contributed by atoms with Gasteiger partial charge in [0.15, 0.2) is 11.5 Å². The van der Waals surface area contributed by atoms with E-state index < -0.39 is 11.9 Å². The van der Waals surface area contributed by atoms with E-state index in [4.69, 9.17) is 21.1 Å². The van der Waals surface area contributed by atoms with Gasteiger partial charge in [-0.05, 0) is 43.7 Å². The number of imide groups is 1. The van der Waals surface area contributed by atoms with E-state index in [2.05, 4.69) is 11.4 Å². The van der Waals surface area contributed by atoms with Gasteiger partial charge in [-0.15, -0.1) is 0 Å². The third-order valence-electron chi connectivity index (χ3n) is 4.43. The molecule has 3 rings (SSSR count). The number of amides is 3. The first-order valence-electron chi connectivity index (χ1n) is 9.40. The second kappa shape index (κ2) is 9.33. The molecule has 30 heavy (non-hydrogen) atoms. The molecule has 0 saturated carbocycles. The number of likely N-dealkylation sites (N-methyl/N-ethyl adjacent to an activating group) is 1. The summed E-state index contributed by atoms with van der Waals surface area (Å²) in [6.45, 7) is 4.35. The van der Waals surface area contributed by atoms with Crippen molar-refractivity contribution < 1.29 is 19.1 Å². The zero-order valence-electron chi connectivity index (χ0n) is 16.6. The molecular formula is C22H20ClN3O4. The van der Waals surface area contributed by atoms with Gasteiger partial charge in [0.25, 0.3) is 5.91 Å². The lowest BCUT2D eigenvalue weighted by Crippen LogP contribution is -2.30. The first kappa shape index (κ1) is 21.2. The van der Waals surface area contributed by atoms with Crippen molar-refractivity contribution in [2.75, 3.05) is 13.2 Å². The summed E-state index contributed by atoms with van der Waals surface area (Å²) < 4.78 is 11.5. The van der Waals surface area contributed by atoms with Crippen LogP contribution in [0.5, 0.6) is 11.5 Å². The molecule has 1 fully saturated rings. The van der Waals surface area contributed by atoms with Crippen LogP contribution in [-0.4, -0.2) is 30.0 Å². The summed E-state index contributed by atoms with van der Waals surface area (Å²) in [5.41, 5.74) is 1.99. The minimum atomic E-state index is -0.457. The van der Waals surface area contributed by atoms with Crippen molar-refractivity contribution in [3.05, 3.63) is 63.8 Å². The molecule has 1 saturated heterocycles. The van der Waals surface area contributed by atoms with Crippen LogP contribution in [-0.2, 0) is 11.4 Å². The van der Waals surface area contributed by atoms with Crippen LogP contribution in [0.15, 0.2) is 42.1 Å². The highest BCUT2D eigenvalue weighted by Gasteiger charge is 2.32. The van der Waals surface area contributed by atoms with E-state index in [1.54, 1.807) is 43.3 Å². The zero-order chi connectivity index (χ0) is 21.7. The highest BCUT2D eigenvalue weighted by molar-refractivity contribution is 6.32. The van der Waals surface area contributed by atoms with Gasteiger partial charge in [-0.1, -0.05) is 29.8 Å². The molecule has 7 nitrogen and oxygen atoms in total. The van der Waals surface area contributed by atoms with Crippen LogP contribution in [0.25, 0.3) is 6.08 Å². The Morgan fingerprint density at radius 3 is 2.63 bits per heavy atom. The molecule has 3 amide bonds. The SMILES string of the molecule is CCOc1cc(/C=C2/NC(=O)N(CC)C2=O)cc(Cl)c1OCc1ccccc1C#N. The molecule has 1 aliphatic heterocycles. The Morgan fingerprint density at radius 2 is 1.97 bits per heavy atom. The van der Waals surface area contributed by atoms with E-state index in [1.165, 1.54) is 0 Å². The molecule has 1 heterocycles. The maximum atomic E-state index is 12.3. The molecule has 0 spiro atoms. The number of nitrogens with one attached hydrogen (secondary N) is 1. The molecule has 2 aromatic carbocycles. The summed E-state index contributed by atoms with van der Waals surface area (Å²) in [5.74, 6) is 0.339. The van der Waals surface area contributed by atoms with Crippen LogP contribution >= 0.6 is 11.6 Å². The Kier molecular flexibility index (Phi) is 6.60. The second-order valence-corrected chi connectivity index (χ2v) is 6.77. The van der Waals surface area contributed by atoms with E-state index in [9.17, 15) is 14.9 Å². The molecule has 0 aliphatic carbocycles. The van der Waals surface area contributed by atoms with Crippen LogP contribution in [0.2, 0.25) is 5.02 Å². The fourth-order valence-electron chi connectivity index (χ4n) is 3.00. The van der Waals surface area contributed by atoms with Crippen LogP contribution in [0.1, 0.15) is 30.5 Å².